The van der Waals surface area contributed by atoms with Crippen LogP contribution in [0.1, 0.15) is 18.2 Å². The average molecular weight is 502 g/mol. The highest BCUT2D eigenvalue weighted by molar-refractivity contribution is 5.81. The van der Waals surface area contributed by atoms with Gasteiger partial charge < -0.3 is 14.2 Å². The van der Waals surface area contributed by atoms with Crippen LogP contribution < -0.4 is 4.74 Å². The second-order valence-corrected chi connectivity index (χ2v) is 8.22. The summed E-state index contributed by atoms with van der Waals surface area (Å²) in [5.41, 5.74) is 2.15. The van der Waals surface area contributed by atoms with Crippen LogP contribution in [0.5, 0.6) is 5.75 Å². The van der Waals surface area contributed by atoms with Crippen molar-refractivity contribution in [1.29, 1.82) is 0 Å². The number of rotatable bonds is 5. The Hall–Kier alpha value is -3.58. The maximum Gasteiger partial charge on any atom is 0.406 e. The minimum Gasteiger partial charge on any atom is -0.495 e. The maximum atomic E-state index is 13.4. The zero-order valence-electron chi connectivity index (χ0n) is 18.5. The van der Waals surface area contributed by atoms with E-state index in [1.165, 1.54) is 13.3 Å². The number of carbonyl (C=O) groups excluding carboxylic acids is 1. The minimum atomic E-state index is -4.84. The molecule has 0 N–H and O–H groups in total. The lowest BCUT2D eigenvalue weighted by molar-refractivity contribution is -0.205. The largest absolute Gasteiger partial charge is 0.495 e. The molecule has 0 spiro atoms. The van der Waals surface area contributed by atoms with E-state index in [1.807, 2.05) is 6.92 Å². The highest BCUT2D eigenvalue weighted by Crippen LogP contribution is 2.39. The number of methoxy groups -OCH3 is 1. The van der Waals surface area contributed by atoms with Gasteiger partial charge in [0, 0.05) is 18.3 Å². The first-order valence-electron chi connectivity index (χ1n) is 10.4. The molecule has 1 saturated heterocycles. The lowest BCUT2D eigenvalue weighted by Crippen LogP contribution is -2.52. The van der Waals surface area contributed by atoms with Crippen molar-refractivity contribution >= 4 is 5.91 Å². The number of amides is 1. The SMILES string of the molecule is COc1cc(-c2cn([C@@H]3CC(C(F)(F)F)CN(CC(F)(F)F)C3=O)nn2)ccc1-n1cnc(C)c1. The van der Waals surface area contributed by atoms with Gasteiger partial charge in [0.2, 0.25) is 5.91 Å². The first kappa shape index (κ1) is 24.5. The van der Waals surface area contributed by atoms with Crippen LogP contribution in [0, 0.1) is 12.8 Å². The van der Waals surface area contributed by atoms with Crippen LogP contribution in [0.3, 0.4) is 0 Å². The van der Waals surface area contributed by atoms with Crippen molar-refractivity contribution in [2.45, 2.75) is 31.7 Å². The van der Waals surface area contributed by atoms with Crippen molar-refractivity contribution in [1.82, 2.24) is 29.4 Å². The molecule has 3 aromatic rings. The van der Waals surface area contributed by atoms with Crippen LogP contribution in [0.4, 0.5) is 26.3 Å². The molecule has 8 nitrogen and oxygen atoms in total. The van der Waals surface area contributed by atoms with E-state index >= 15 is 0 Å². The molecular weight excluding hydrogens is 482 g/mol. The first-order chi connectivity index (χ1) is 16.4. The summed E-state index contributed by atoms with van der Waals surface area (Å²) in [4.78, 5) is 17.0. The van der Waals surface area contributed by atoms with Gasteiger partial charge in [-0.3, -0.25) is 4.79 Å². The number of ether oxygens (including phenoxy) is 1. The lowest BCUT2D eigenvalue weighted by atomic mass is 9.93. The number of piperidine rings is 1. The van der Waals surface area contributed by atoms with Gasteiger partial charge in [0.25, 0.3) is 0 Å². The number of halogens is 6. The third-order valence-corrected chi connectivity index (χ3v) is 5.67. The monoisotopic (exact) mass is 502 g/mol. The Bertz CT molecular complexity index is 1220. The number of aromatic nitrogens is 5. The molecule has 188 valence electrons. The van der Waals surface area contributed by atoms with E-state index < -0.39 is 49.7 Å². The van der Waals surface area contributed by atoms with E-state index in [1.54, 1.807) is 35.3 Å². The van der Waals surface area contributed by atoms with Gasteiger partial charge in [0.15, 0.2) is 0 Å². The molecule has 2 atom stereocenters. The van der Waals surface area contributed by atoms with Gasteiger partial charge >= 0.3 is 12.4 Å². The number of benzene rings is 1. The summed E-state index contributed by atoms with van der Waals surface area (Å²) in [6.45, 7) is -1.02. The smallest absolute Gasteiger partial charge is 0.406 e. The number of likely N-dealkylation sites (tertiary alicyclic amines) is 1. The Labute approximate surface area is 195 Å². The second-order valence-electron chi connectivity index (χ2n) is 8.22. The van der Waals surface area contributed by atoms with E-state index in [2.05, 4.69) is 15.3 Å². The van der Waals surface area contributed by atoms with Gasteiger partial charge in [0.1, 0.15) is 24.0 Å². The molecule has 2 aromatic heterocycles. The van der Waals surface area contributed by atoms with E-state index in [-0.39, 0.29) is 10.6 Å². The van der Waals surface area contributed by atoms with Gasteiger partial charge in [-0.15, -0.1) is 5.10 Å². The number of nitrogens with zero attached hydrogens (tertiary/aromatic N) is 6. The first-order valence-corrected chi connectivity index (χ1v) is 10.4. The van der Waals surface area contributed by atoms with Gasteiger partial charge in [0.05, 0.1) is 36.9 Å². The van der Waals surface area contributed by atoms with Crippen LogP contribution >= 0.6 is 0 Å². The third-order valence-electron chi connectivity index (χ3n) is 5.67. The maximum absolute atomic E-state index is 13.4. The van der Waals surface area contributed by atoms with Crippen LogP contribution in [0.25, 0.3) is 16.9 Å². The lowest BCUT2D eigenvalue weighted by Gasteiger charge is -2.38. The standard InChI is InChI=1S/C21H20F6N6O2/c1-12-7-32(11-28-12)16-4-3-13(5-18(16)35-2)15-9-33(30-29-15)17-6-14(21(25,26)27)8-31(19(17)34)10-20(22,23)24/h3-5,7,9,11,14,17H,6,8,10H2,1-2H3/t14?,17-/m1/s1. The summed E-state index contributed by atoms with van der Waals surface area (Å²) < 4.78 is 87.0. The molecule has 4 rings (SSSR count). The summed E-state index contributed by atoms with van der Waals surface area (Å²) in [6.07, 6.45) is -5.73. The minimum absolute atomic E-state index is 0.179. The number of hydrogen-bond acceptors (Lipinski definition) is 5. The third kappa shape index (κ3) is 5.25. The molecule has 3 heterocycles. The van der Waals surface area contributed by atoms with E-state index in [9.17, 15) is 31.1 Å². The molecule has 1 unspecified atom stereocenters. The van der Waals surface area contributed by atoms with Crippen LogP contribution in [-0.4, -0.2) is 67.9 Å². The summed E-state index contributed by atoms with van der Waals surface area (Å²) in [5, 5.41) is 7.70. The fourth-order valence-electron chi connectivity index (χ4n) is 3.99. The van der Waals surface area contributed by atoms with Crippen molar-refractivity contribution in [2.24, 2.45) is 5.92 Å². The van der Waals surface area contributed by atoms with Crippen LogP contribution in [0.2, 0.25) is 0 Å². The topological polar surface area (TPSA) is 78.1 Å². The predicted octanol–water partition coefficient (Wildman–Crippen LogP) is 3.96. The Morgan fingerprint density at radius 2 is 1.89 bits per heavy atom. The van der Waals surface area contributed by atoms with Crippen molar-refractivity contribution in [3.8, 4) is 22.7 Å². The number of hydrogen-bond donors (Lipinski definition) is 0. The molecule has 0 saturated carbocycles. The molecule has 14 heteroatoms. The van der Waals surface area contributed by atoms with Gasteiger partial charge in [-0.2, -0.15) is 26.3 Å². The molecule has 0 aliphatic carbocycles. The zero-order chi connectivity index (χ0) is 25.5. The molecule has 1 aromatic carbocycles. The molecule has 0 bridgehead atoms. The second kappa shape index (κ2) is 8.89. The summed E-state index contributed by atoms with van der Waals surface area (Å²) in [6, 6.07) is 3.42. The van der Waals surface area contributed by atoms with Crippen LogP contribution in [-0.2, 0) is 4.79 Å². The molecular formula is C21H20F6N6O2. The summed E-state index contributed by atoms with van der Waals surface area (Å²) in [7, 11) is 1.45. The van der Waals surface area contributed by atoms with Gasteiger partial charge in [-0.1, -0.05) is 11.3 Å². The fraction of sp³-hybridized carbons (Fsp3) is 0.429. The quantitative estimate of drug-likeness (QED) is 0.494. The summed E-state index contributed by atoms with van der Waals surface area (Å²) >= 11 is 0. The van der Waals surface area contributed by atoms with Crippen LogP contribution in [0.15, 0.2) is 36.9 Å². The van der Waals surface area contributed by atoms with E-state index in [0.717, 1.165) is 10.4 Å². The molecule has 1 aliphatic heterocycles. The Morgan fingerprint density at radius 3 is 2.49 bits per heavy atom. The molecule has 1 aliphatic rings. The van der Waals surface area contributed by atoms with Gasteiger partial charge in [-0.25, -0.2) is 9.67 Å². The zero-order valence-corrected chi connectivity index (χ0v) is 18.5. The number of alkyl halides is 6. The molecule has 1 amide bonds. The van der Waals surface area contributed by atoms with Crippen molar-refractivity contribution in [2.75, 3.05) is 20.2 Å². The predicted molar refractivity (Wildman–Crippen MR) is 110 cm³/mol. The average Bonchev–Trinajstić information content (AvgIpc) is 3.42. The number of carbonyl (C=O) groups is 1. The van der Waals surface area contributed by atoms with Crippen molar-refractivity contribution in [3.63, 3.8) is 0 Å². The van der Waals surface area contributed by atoms with E-state index in [4.69, 9.17) is 4.74 Å². The molecule has 0 radical (unpaired) electrons. The van der Waals surface area contributed by atoms with Crippen molar-refractivity contribution < 1.29 is 35.9 Å². The Morgan fingerprint density at radius 1 is 1.14 bits per heavy atom. The highest BCUT2D eigenvalue weighted by atomic mass is 19.4. The highest BCUT2D eigenvalue weighted by Gasteiger charge is 2.50. The molecule has 35 heavy (non-hydrogen) atoms. The van der Waals surface area contributed by atoms with Gasteiger partial charge in [-0.05, 0) is 25.5 Å². The van der Waals surface area contributed by atoms with E-state index in [0.29, 0.717) is 17.0 Å². The Kier molecular flexibility index (Phi) is 6.23. The summed E-state index contributed by atoms with van der Waals surface area (Å²) in [5.74, 6) is -2.78. The normalized spacial score (nSPS) is 19.3. The molecule has 1 fully saturated rings. The fourth-order valence-corrected chi connectivity index (χ4v) is 3.99. The number of aryl methyl sites for hydroxylation is 1. The van der Waals surface area contributed by atoms with Crippen molar-refractivity contribution in [3.05, 3.63) is 42.6 Å². The Balaban J connectivity index is 1.64. The number of imidazole rings is 1.